The van der Waals surface area contributed by atoms with Crippen LogP contribution in [0.15, 0.2) is 24.3 Å². The van der Waals surface area contributed by atoms with Crippen LogP contribution in [0, 0.1) is 6.92 Å². The van der Waals surface area contributed by atoms with E-state index in [0.29, 0.717) is 5.69 Å². The summed E-state index contributed by atoms with van der Waals surface area (Å²) in [4.78, 5) is 22.8. The van der Waals surface area contributed by atoms with Crippen molar-refractivity contribution < 1.29 is 14.3 Å². The topological polar surface area (TPSA) is 79.5 Å². The summed E-state index contributed by atoms with van der Waals surface area (Å²) in [6.07, 6.45) is -0.716. The third-order valence-electron chi connectivity index (χ3n) is 1.95. The van der Waals surface area contributed by atoms with Gasteiger partial charge in [-0.1, -0.05) is 12.1 Å². The maximum absolute atomic E-state index is 11.5. The number of hydrogen-bond acceptors (Lipinski definition) is 3. The number of hydrazine groups is 1. The van der Waals surface area contributed by atoms with Crippen LogP contribution in [-0.4, -0.2) is 17.7 Å². The maximum atomic E-state index is 11.5. The van der Waals surface area contributed by atoms with Crippen LogP contribution < -0.4 is 16.2 Å². The van der Waals surface area contributed by atoms with E-state index in [-0.39, 0.29) is 0 Å². The van der Waals surface area contributed by atoms with Gasteiger partial charge in [0.1, 0.15) is 5.60 Å². The molecule has 1 rings (SSSR count). The molecule has 0 radical (unpaired) electrons. The van der Waals surface area contributed by atoms with Crippen molar-refractivity contribution in [1.29, 1.82) is 0 Å². The Hall–Kier alpha value is -2.24. The Bertz CT molecular complexity index is 466. The zero-order valence-corrected chi connectivity index (χ0v) is 11.5. The molecule has 0 saturated carbocycles. The zero-order valence-electron chi connectivity index (χ0n) is 11.5. The summed E-state index contributed by atoms with van der Waals surface area (Å²) in [5.74, 6) is 0. The van der Waals surface area contributed by atoms with Crippen molar-refractivity contribution in [1.82, 2.24) is 10.9 Å². The minimum Gasteiger partial charge on any atom is -0.443 e. The number of urea groups is 1. The van der Waals surface area contributed by atoms with Crippen LogP contribution in [0.3, 0.4) is 0 Å². The summed E-state index contributed by atoms with van der Waals surface area (Å²) in [7, 11) is 0. The normalized spacial score (nSPS) is 10.5. The fourth-order valence-corrected chi connectivity index (χ4v) is 1.30. The second-order valence-electron chi connectivity index (χ2n) is 5.08. The standard InChI is InChI=1S/C13H19N3O3/c1-9-6-5-7-10(8-9)14-11(17)15-16-12(18)19-13(2,3)4/h5-8H,1-4H3,(H,16,18)(H2,14,15,17). The highest BCUT2D eigenvalue weighted by atomic mass is 16.6. The Morgan fingerprint density at radius 2 is 1.84 bits per heavy atom. The number of carbonyl (C=O) groups excluding carboxylic acids is 2. The first-order valence-electron chi connectivity index (χ1n) is 5.89. The van der Waals surface area contributed by atoms with Crippen LogP contribution >= 0.6 is 0 Å². The summed E-state index contributed by atoms with van der Waals surface area (Å²) in [6.45, 7) is 7.13. The minimum atomic E-state index is -0.716. The van der Waals surface area contributed by atoms with Gasteiger partial charge in [0.15, 0.2) is 0 Å². The third-order valence-corrected chi connectivity index (χ3v) is 1.95. The number of aryl methyl sites for hydroxylation is 1. The number of rotatable bonds is 1. The highest BCUT2D eigenvalue weighted by molar-refractivity contribution is 5.90. The first-order chi connectivity index (χ1) is 8.76. The van der Waals surface area contributed by atoms with Crippen molar-refractivity contribution in [2.24, 2.45) is 0 Å². The molecule has 19 heavy (non-hydrogen) atoms. The van der Waals surface area contributed by atoms with Crippen LogP contribution in [0.1, 0.15) is 26.3 Å². The van der Waals surface area contributed by atoms with Gasteiger partial charge in [-0.05, 0) is 45.4 Å². The molecule has 3 N–H and O–H groups in total. The van der Waals surface area contributed by atoms with Gasteiger partial charge in [0.2, 0.25) is 0 Å². The highest BCUT2D eigenvalue weighted by Crippen LogP contribution is 2.09. The summed E-state index contributed by atoms with van der Waals surface area (Å²) < 4.78 is 4.96. The van der Waals surface area contributed by atoms with E-state index in [1.165, 1.54) is 0 Å². The SMILES string of the molecule is Cc1cccc(NC(=O)NNC(=O)OC(C)(C)C)c1. The lowest BCUT2D eigenvalue weighted by molar-refractivity contribution is 0.0506. The van der Waals surface area contributed by atoms with Crippen LogP contribution in [0.4, 0.5) is 15.3 Å². The van der Waals surface area contributed by atoms with Gasteiger partial charge in [0, 0.05) is 5.69 Å². The fourth-order valence-electron chi connectivity index (χ4n) is 1.30. The van der Waals surface area contributed by atoms with E-state index in [2.05, 4.69) is 16.2 Å². The molecule has 1 aromatic rings. The average molecular weight is 265 g/mol. The molecule has 3 amide bonds. The van der Waals surface area contributed by atoms with Crippen molar-refractivity contribution in [2.75, 3.05) is 5.32 Å². The van der Waals surface area contributed by atoms with E-state index in [1.54, 1.807) is 26.8 Å². The number of anilines is 1. The monoisotopic (exact) mass is 265 g/mol. The molecular weight excluding hydrogens is 246 g/mol. The van der Waals surface area contributed by atoms with E-state index in [0.717, 1.165) is 5.56 Å². The van der Waals surface area contributed by atoms with Gasteiger partial charge in [-0.25, -0.2) is 20.4 Å². The molecule has 0 atom stereocenters. The van der Waals surface area contributed by atoms with Gasteiger partial charge in [-0.3, -0.25) is 0 Å². The molecule has 0 saturated heterocycles. The molecule has 0 heterocycles. The van der Waals surface area contributed by atoms with Gasteiger partial charge in [-0.15, -0.1) is 0 Å². The van der Waals surface area contributed by atoms with E-state index >= 15 is 0 Å². The highest BCUT2D eigenvalue weighted by Gasteiger charge is 2.16. The number of hydrogen-bond donors (Lipinski definition) is 3. The van der Waals surface area contributed by atoms with E-state index in [9.17, 15) is 9.59 Å². The Labute approximate surface area is 112 Å². The van der Waals surface area contributed by atoms with Crippen molar-refractivity contribution in [3.8, 4) is 0 Å². The van der Waals surface area contributed by atoms with E-state index < -0.39 is 17.7 Å². The van der Waals surface area contributed by atoms with Gasteiger partial charge >= 0.3 is 12.1 Å². The number of ether oxygens (including phenoxy) is 1. The quantitative estimate of drug-likeness (QED) is 0.683. The molecule has 0 aromatic heterocycles. The molecule has 0 fully saturated rings. The maximum Gasteiger partial charge on any atom is 0.426 e. The predicted molar refractivity (Wildman–Crippen MR) is 72.7 cm³/mol. The van der Waals surface area contributed by atoms with E-state index in [1.807, 2.05) is 25.1 Å². The summed E-state index contributed by atoms with van der Waals surface area (Å²) in [5, 5.41) is 2.58. The van der Waals surface area contributed by atoms with Crippen molar-refractivity contribution >= 4 is 17.8 Å². The molecule has 0 bridgehead atoms. The van der Waals surface area contributed by atoms with Gasteiger partial charge in [-0.2, -0.15) is 0 Å². The average Bonchev–Trinajstić information content (AvgIpc) is 2.24. The third kappa shape index (κ3) is 6.30. The molecule has 0 aliphatic heterocycles. The molecule has 104 valence electrons. The number of carbonyl (C=O) groups is 2. The molecule has 0 aliphatic carbocycles. The zero-order chi connectivity index (χ0) is 14.5. The van der Waals surface area contributed by atoms with Crippen molar-refractivity contribution in [3.05, 3.63) is 29.8 Å². The lowest BCUT2D eigenvalue weighted by atomic mass is 10.2. The largest absolute Gasteiger partial charge is 0.443 e. The Morgan fingerprint density at radius 3 is 2.42 bits per heavy atom. The van der Waals surface area contributed by atoms with Crippen molar-refractivity contribution in [2.45, 2.75) is 33.3 Å². The van der Waals surface area contributed by atoms with Crippen LogP contribution in [0.5, 0.6) is 0 Å². The summed E-state index contributed by atoms with van der Waals surface area (Å²) in [5.41, 5.74) is 5.40. The first kappa shape index (κ1) is 14.8. The van der Waals surface area contributed by atoms with E-state index in [4.69, 9.17) is 4.74 Å². The Morgan fingerprint density at radius 1 is 1.16 bits per heavy atom. The molecule has 6 nitrogen and oxygen atoms in total. The molecular formula is C13H19N3O3. The summed E-state index contributed by atoms with van der Waals surface area (Å²) >= 11 is 0. The molecule has 0 unspecified atom stereocenters. The number of benzene rings is 1. The number of nitrogens with one attached hydrogen (secondary N) is 3. The van der Waals surface area contributed by atoms with Crippen LogP contribution in [-0.2, 0) is 4.74 Å². The summed E-state index contributed by atoms with van der Waals surface area (Å²) in [6, 6.07) is 6.76. The lowest BCUT2D eigenvalue weighted by Gasteiger charge is -2.19. The van der Waals surface area contributed by atoms with Crippen LogP contribution in [0.2, 0.25) is 0 Å². The Balaban J connectivity index is 2.38. The van der Waals surface area contributed by atoms with Gasteiger partial charge in [0.25, 0.3) is 0 Å². The second-order valence-corrected chi connectivity index (χ2v) is 5.08. The smallest absolute Gasteiger partial charge is 0.426 e. The van der Waals surface area contributed by atoms with Gasteiger partial charge < -0.3 is 10.1 Å². The van der Waals surface area contributed by atoms with Crippen molar-refractivity contribution in [3.63, 3.8) is 0 Å². The Kier molecular flexibility index (Phi) is 4.74. The number of amides is 3. The first-order valence-corrected chi connectivity index (χ1v) is 5.89. The minimum absolute atomic E-state index is 0.545. The molecule has 1 aromatic carbocycles. The molecule has 6 heteroatoms. The van der Waals surface area contributed by atoms with Gasteiger partial charge in [0.05, 0.1) is 0 Å². The lowest BCUT2D eigenvalue weighted by Crippen LogP contribution is -2.46. The van der Waals surface area contributed by atoms with Crippen LogP contribution in [0.25, 0.3) is 0 Å². The molecule has 0 aliphatic rings. The fraction of sp³-hybridized carbons (Fsp3) is 0.385. The second kappa shape index (κ2) is 6.08. The molecule has 0 spiro atoms. The predicted octanol–water partition coefficient (Wildman–Crippen LogP) is 2.56.